The van der Waals surface area contributed by atoms with E-state index in [9.17, 15) is 12.8 Å². The van der Waals surface area contributed by atoms with Crippen molar-refractivity contribution in [2.45, 2.75) is 24.8 Å². The van der Waals surface area contributed by atoms with Gasteiger partial charge < -0.3 is 4.74 Å². The highest BCUT2D eigenvalue weighted by Gasteiger charge is 2.17. The predicted octanol–water partition coefficient (Wildman–Crippen LogP) is 3.29. The standard InChI is InChI=1S/C16H15FN2O3S/c1-11(2)22-16-8-7-14(9-15(16)17)23(20,21)19-13-5-3-12(10-18)4-6-13/h3-9,11,19H,1-2H3. The second-order valence-corrected chi connectivity index (χ2v) is 6.74. The molecule has 0 atom stereocenters. The maximum Gasteiger partial charge on any atom is 0.262 e. The number of sulfonamides is 1. The Hall–Kier alpha value is -2.59. The first kappa shape index (κ1) is 16.8. The number of nitrogens with one attached hydrogen (secondary N) is 1. The minimum Gasteiger partial charge on any atom is -0.488 e. The molecule has 2 aromatic rings. The highest BCUT2D eigenvalue weighted by atomic mass is 32.2. The summed E-state index contributed by atoms with van der Waals surface area (Å²) < 4.78 is 46.0. The van der Waals surface area contributed by atoms with E-state index in [0.29, 0.717) is 5.56 Å². The predicted molar refractivity (Wildman–Crippen MR) is 84.1 cm³/mol. The Balaban J connectivity index is 2.25. The smallest absolute Gasteiger partial charge is 0.262 e. The van der Waals surface area contributed by atoms with Crippen molar-refractivity contribution in [3.8, 4) is 11.8 Å². The summed E-state index contributed by atoms with van der Waals surface area (Å²) >= 11 is 0. The first-order chi connectivity index (χ1) is 10.8. The summed E-state index contributed by atoms with van der Waals surface area (Å²) in [4.78, 5) is -0.213. The van der Waals surface area contributed by atoms with Crippen LogP contribution in [0, 0.1) is 17.1 Å². The molecule has 120 valence electrons. The van der Waals surface area contributed by atoms with Crippen LogP contribution in [0.3, 0.4) is 0 Å². The molecular formula is C16H15FN2O3S. The van der Waals surface area contributed by atoms with E-state index in [-0.39, 0.29) is 22.4 Å². The minimum absolute atomic E-state index is 0.00248. The van der Waals surface area contributed by atoms with E-state index in [1.807, 2.05) is 6.07 Å². The van der Waals surface area contributed by atoms with Crippen LogP contribution in [0.2, 0.25) is 0 Å². The molecule has 0 saturated carbocycles. The number of hydrogen-bond donors (Lipinski definition) is 1. The number of ether oxygens (including phenoxy) is 1. The zero-order valence-corrected chi connectivity index (χ0v) is 13.4. The van der Waals surface area contributed by atoms with Gasteiger partial charge in [0.05, 0.1) is 22.6 Å². The van der Waals surface area contributed by atoms with Crippen molar-refractivity contribution < 1.29 is 17.5 Å². The summed E-state index contributed by atoms with van der Waals surface area (Å²) in [6.07, 6.45) is -0.219. The van der Waals surface area contributed by atoms with Crippen molar-refractivity contribution in [3.05, 3.63) is 53.8 Å². The van der Waals surface area contributed by atoms with Gasteiger partial charge >= 0.3 is 0 Å². The van der Waals surface area contributed by atoms with E-state index in [1.165, 1.54) is 36.4 Å². The average Bonchev–Trinajstić information content (AvgIpc) is 2.49. The van der Waals surface area contributed by atoms with Crippen LogP contribution in [0.4, 0.5) is 10.1 Å². The fraction of sp³-hybridized carbons (Fsp3) is 0.188. The molecule has 5 nitrogen and oxygen atoms in total. The molecule has 0 amide bonds. The van der Waals surface area contributed by atoms with Crippen LogP contribution in [0.25, 0.3) is 0 Å². The number of nitriles is 1. The summed E-state index contributed by atoms with van der Waals surface area (Å²) in [7, 11) is -3.93. The summed E-state index contributed by atoms with van der Waals surface area (Å²) in [6.45, 7) is 3.49. The molecule has 0 fully saturated rings. The normalized spacial score (nSPS) is 11.1. The molecule has 0 aromatic heterocycles. The van der Waals surface area contributed by atoms with Gasteiger partial charge in [-0.15, -0.1) is 0 Å². The third-order valence-electron chi connectivity index (χ3n) is 2.84. The second kappa shape index (κ2) is 6.67. The van der Waals surface area contributed by atoms with E-state index >= 15 is 0 Å². The van der Waals surface area contributed by atoms with Gasteiger partial charge in [-0.25, -0.2) is 12.8 Å². The van der Waals surface area contributed by atoms with E-state index in [4.69, 9.17) is 10.00 Å². The lowest BCUT2D eigenvalue weighted by Gasteiger charge is -2.12. The summed E-state index contributed by atoms with van der Waals surface area (Å²) in [5.74, 6) is -0.751. The molecule has 0 bridgehead atoms. The number of halogens is 1. The van der Waals surface area contributed by atoms with Gasteiger partial charge in [-0.1, -0.05) is 0 Å². The monoisotopic (exact) mass is 334 g/mol. The molecule has 0 aliphatic heterocycles. The number of hydrogen-bond acceptors (Lipinski definition) is 4. The van der Waals surface area contributed by atoms with Crippen LogP contribution >= 0.6 is 0 Å². The largest absolute Gasteiger partial charge is 0.488 e. The molecular weight excluding hydrogens is 319 g/mol. The molecule has 0 aliphatic carbocycles. The van der Waals surface area contributed by atoms with Gasteiger partial charge in [0.1, 0.15) is 0 Å². The first-order valence-electron chi connectivity index (χ1n) is 6.81. The van der Waals surface area contributed by atoms with Crippen molar-refractivity contribution in [2.24, 2.45) is 0 Å². The lowest BCUT2D eigenvalue weighted by Crippen LogP contribution is -2.14. The van der Waals surface area contributed by atoms with Gasteiger partial charge in [0, 0.05) is 5.69 Å². The number of rotatable bonds is 5. The Bertz CT molecular complexity index is 841. The van der Waals surface area contributed by atoms with Crippen molar-refractivity contribution in [2.75, 3.05) is 4.72 Å². The molecule has 0 unspecified atom stereocenters. The van der Waals surface area contributed by atoms with Gasteiger partial charge in [-0.05, 0) is 56.3 Å². The minimum atomic E-state index is -3.93. The van der Waals surface area contributed by atoms with Crippen LogP contribution in [0.5, 0.6) is 5.75 Å². The fourth-order valence-electron chi connectivity index (χ4n) is 1.83. The van der Waals surface area contributed by atoms with Gasteiger partial charge in [-0.2, -0.15) is 5.26 Å². The number of benzene rings is 2. The highest BCUT2D eigenvalue weighted by molar-refractivity contribution is 7.92. The molecule has 23 heavy (non-hydrogen) atoms. The van der Waals surface area contributed by atoms with Crippen molar-refractivity contribution in [1.29, 1.82) is 5.26 Å². The highest BCUT2D eigenvalue weighted by Crippen LogP contribution is 2.23. The molecule has 2 rings (SSSR count). The zero-order valence-electron chi connectivity index (χ0n) is 12.6. The molecule has 0 saturated heterocycles. The van der Waals surface area contributed by atoms with Crippen LogP contribution in [-0.2, 0) is 10.0 Å². The van der Waals surface area contributed by atoms with Crippen molar-refractivity contribution >= 4 is 15.7 Å². The first-order valence-corrected chi connectivity index (χ1v) is 8.29. The average molecular weight is 334 g/mol. The van der Waals surface area contributed by atoms with Crippen LogP contribution in [0.1, 0.15) is 19.4 Å². The van der Waals surface area contributed by atoms with E-state index in [1.54, 1.807) is 13.8 Å². The molecule has 0 radical (unpaired) electrons. The second-order valence-electron chi connectivity index (χ2n) is 5.05. The molecule has 0 heterocycles. The lowest BCUT2D eigenvalue weighted by atomic mass is 10.2. The molecule has 0 spiro atoms. The van der Waals surface area contributed by atoms with Crippen molar-refractivity contribution in [3.63, 3.8) is 0 Å². The summed E-state index contributed by atoms with van der Waals surface area (Å²) in [6, 6.07) is 11.3. The Morgan fingerprint density at radius 2 is 1.83 bits per heavy atom. The van der Waals surface area contributed by atoms with E-state index in [2.05, 4.69) is 4.72 Å². The Kier molecular flexibility index (Phi) is 4.86. The maximum absolute atomic E-state index is 13.9. The Labute approximate surface area is 134 Å². The molecule has 2 aromatic carbocycles. The number of anilines is 1. The molecule has 7 heteroatoms. The SMILES string of the molecule is CC(C)Oc1ccc(S(=O)(=O)Nc2ccc(C#N)cc2)cc1F. The Morgan fingerprint density at radius 3 is 2.35 bits per heavy atom. The van der Waals surface area contributed by atoms with Gasteiger partial charge in [0.25, 0.3) is 10.0 Å². The van der Waals surface area contributed by atoms with Gasteiger partial charge in [0.15, 0.2) is 11.6 Å². The van der Waals surface area contributed by atoms with Gasteiger partial charge in [0.2, 0.25) is 0 Å². The van der Waals surface area contributed by atoms with Crippen LogP contribution < -0.4 is 9.46 Å². The lowest BCUT2D eigenvalue weighted by molar-refractivity contribution is 0.231. The molecule has 0 aliphatic rings. The van der Waals surface area contributed by atoms with Crippen molar-refractivity contribution in [1.82, 2.24) is 0 Å². The quantitative estimate of drug-likeness (QED) is 0.910. The fourth-order valence-corrected chi connectivity index (χ4v) is 2.90. The maximum atomic E-state index is 13.9. The van der Waals surface area contributed by atoms with Crippen LogP contribution in [-0.4, -0.2) is 14.5 Å². The third kappa shape index (κ3) is 4.20. The molecule has 1 N–H and O–H groups in total. The van der Waals surface area contributed by atoms with E-state index in [0.717, 1.165) is 6.07 Å². The van der Waals surface area contributed by atoms with E-state index < -0.39 is 15.8 Å². The topological polar surface area (TPSA) is 79.2 Å². The third-order valence-corrected chi connectivity index (χ3v) is 4.22. The Morgan fingerprint density at radius 1 is 1.17 bits per heavy atom. The van der Waals surface area contributed by atoms with Crippen LogP contribution in [0.15, 0.2) is 47.4 Å². The zero-order chi connectivity index (χ0) is 17.0. The number of nitrogens with zero attached hydrogens (tertiary/aromatic N) is 1. The van der Waals surface area contributed by atoms with Gasteiger partial charge in [-0.3, -0.25) is 4.72 Å². The summed E-state index contributed by atoms with van der Waals surface area (Å²) in [5, 5.41) is 8.72. The summed E-state index contributed by atoms with van der Waals surface area (Å²) in [5.41, 5.74) is 0.695.